The number of hydrogen-bond donors (Lipinski definition) is 2. The molecule has 1 atom stereocenters. The van der Waals surface area contributed by atoms with Crippen molar-refractivity contribution in [3.05, 3.63) is 0 Å². The molecule has 0 spiro atoms. The molecule has 0 aromatic rings. The van der Waals surface area contributed by atoms with Crippen LogP contribution in [0.15, 0.2) is 0 Å². The highest BCUT2D eigenvalue weighted by Gasteiger charge is 2.32. The SMILES string of the molecule is CC(C)(C)OC(=O)N1CCCCC1CNC1CC(O)C1. The third-order valence-electron chi connectivity index (χ3n) is 4.01. The maximum Gasteiger partial charge on any atom is 0.410 e. The quantitative estimate of drug-likeness (QED) is 0.831. The Morgan fingerprint density at radius 2 is 2.05 bits per heavy atom. The van der Waals surface area contributed by atoms with Gasteiger partial charge in [0, 0.05) is 25.2 Å². The minimum Gasteiger partial charge on any atom is -0.444 e. The van der Waals surface area contributed by atoms with Gasteiger partial charge in [-0.25, -0.2) is 4.79 Å². The predicted octanol–water partition coefficient (Wildman–Crippen LogP) is 1.89. The van der Waals surface area contributed by atoms with E-state index in [-0.39, 0.29) is 18.2 Å². The lowest BCUT2D eigenvalue weighted by molar-refractivity contribution is 0.00730. The molecule has 1 aliphatic heterocycles. The summed E-state index contributed by atoms with van der Waals surface area (Å²) in [6.07, 6.45) is 4.58. The summed E-state index contributed by atoms with van der Waals surface area (Å²) >= 11 is 0. The molecule has 5 nitrogen and oxygen atoms in total. The van der Waals surface area contributed by atoms with Gasteiger partial charge in [0.05, 0.1) is 6.10 Å². The lowest BCUT2D eigenvalue weighted by Gasteiger charge is -2.39. The molecule has 2 rings (SSSR count). The van der Waals surface area contributed by atoms with Crippen molar-refractivity contribution in [2.45, 2.75) is 76.7 Å². The van der Waals surface area contributed by atoms with Crippen molar-refractivity contribution in [1.82, 2.24) is 10.2 Å². The van der Waals surface area contributed by atoms with E-state index < -0.39 is 5.60 Å². The molecule has 20 heavy (non-hydrogen) atoms. The second-order valence-corrected chi connectivity index (χ2v) is 7.05. The van der Waals surface area contributed by atoms with Crippen LogP contribution in [-0.4, -0.2) is 53.0 Å². The second kappa shape index (κ2) is 6.31. The number of nitrogens with zero attached hydrogens (tertiary/aromatic N) is 1. The zero-order chi connectivity index (χ0) is 14.8. The summed E-state index contributed by atoms with van der Waals surface area (Å²) in [6.45, 7) is 7.29. The van der Waals surface area contributed by atoms with Gasteiger partial charge in [-0.05, 0) is 52.9 Å². The average Bonchev–Trinajstić information content (AvgIpc) is 2.31. The van der Waals surface area contributed by atoms with Gasteiger partial charge in [-0.2, -0.15) is 0 Å². The van der Waals surface area contributed by atoms with Gasteiger partial charge in [0.15, 0.2) is 0 Å². The molecule has 116 valence electrons. The maximum absolute atomic E-state index is 12.2. The Balaban J connectivity index is 1.83. The normalized spacial score (nSPS) is 30.8. The van der Waals surface area contributed by atoms with Crippen LogP contribution in [0.2, 0.25) is 0 Å². The lowest BCUT2D eigenvalue weighted by atomic mass is 9.89. The van der Waals surface area contributed by atoms with E-state index in [1.807, 2.05) is 25.7 Å². The van der Waals surface area contributed by atoms with Crippen LogP contribution in [0.5, 0.6) is 0 Å². The molecular weight excluding hydrogens is 256 g/mol. The van der Waals surface area contributed by atoms with Crippen LogP contribution in [0, 0.1) is 0 Å². The number of nitrogens with one attached hydrogen (secondary N) is 1. The molecule has 0 bridgehead atoms. The Morgan fingerprint density at radius 1 is 1.35 bits per heavy atom. The van der Waals surface area contributed by atoms with E-state index in [0.29, 0.717) is 6.04 Å². The first-order chi connectivity index (χ1) is 9.35. The standard InChI is InChI=1S/C15H28N2O3/c1-15(2,3)20-14(19)17-7-5-4-6-12(17)10-16-11-8-13(18)9-11/h11-13,16,18H,4-10H2,1-3H3. The Hall–Kier alpha value is -0.810. The minimum atomic E-state index is -0.440. The highest BCUT2D eigenvalue weighted by Crippen LogP contribution is 2.22. The topological polar surface area (TPSA) is 61.8 Å². The number of ether oxygens (including phenoxy) is 1. The number of amides is 1. The van der Waals surface area contributed by atoms with E-state index in [1.54, 1.807) is 0 Å². The average molecular weight is 284 g/mol. The molecule has 2 fully saturated rings. The number of likely N-dealkylation sites (tertiary alicyclic amines) is 1. The molecule has 1 unspecified atom stereocenters. The number of aliphatic hydroxyl groups is 1. The summed E-state index contributed by atoms with van der Waals surface area (Å²) < 4.78 is 5.49. The number of carbonyl (C=O) groups excluding carboxylic acids is 1. The first-order valence-electron chi connectivity index (χ1n) is 7.76. The molecular formula is C15H28N2O3. The maximum atomic E-state index is 12.2. The van der Waals surface area contributed by atoms with E-state index >= 15 is 0 Å². The van der Waals surface area contributed by atoms with Crippen molar-refractivity contribution in [2.75, 3.05) is 13.1 Å². The molecule has 1 saturated heterocycles. The molecule has 1 amide bonds. The number of piperidine rings is 1. The number of rotatable bonds is 3. The Morgan fingerprint density at radius 3 is 2.65 bits per heavy atom. The van der Waals surface area contributed by atoms with Crippen molar-refractivity contribution in [1.29, 1.82) is 0 Å². The summed E-state index contributed by atoms with van der Waals surface area (Å²) in [5, 5.41) is 12.8. The van der Waals surface area contributed by atoms with E-state index in [4.69, 9.17) is 4.74 Å². The van der Waals surface area contributed by atoms with E-state index in [0.717, 1.165) is 38.8 Å². The molecule has 1 saturated carbocycles. The third-order valence-corrected chi connectivity index (χ3v) is 4.01. The van der Waals surface area contributed by atoms with Crippen LogP contribution in [0.25, 0.3) is 0 Å². The van der Waals surface area contributed by atoms with Gasteiger partial charge >= 0.3 is 6.09 Å². The van der Waals surface area contributed by atoms with E-state index in [9.17, 15) is 9.90 Å². The first-order valence-corrected chi connectivity index (χ1v) is 7.76. The summed E-state index contributed by atoms with van der Waals surface area (Å²) in [5.74, 6) is 0. The van der Waals surface area contributed by atoms with Crippen LogP contribution < -0.4 is 5.32 Å². The zero-order valence-electron chi connectivity index (χ0n) is 12.9. The van der Waals surface area contributed by atoms with Gasteiger partial charge in [0.1, 0.15) is 5.60 Å². The third kappa shape index (κ3) is 4.35. The fourth-order valence-corrected chi connectivity index (χ4v) is 2.83. The summed E-state index contributed by atoms with van der Waals surface area (Å²) in [6, 6.07) is 0.628. The molecule has 0 aromatic carbocycles. The molecule has 5 heteroatoms. The van der Waals surface area contributed by atoms with Crippen molar-refractivity contribution in [3.8, 4) is 0 Å². The number of carbonyl (C=O) groups is 1. The molecule has 2 N–H and O–H groups in total. The fraction of sp³-hybridized carbons (Fsp3) is 0.933. The zero-order valence-corrected chi connectivity index (χ0v) is 12.9. The minimum absolute atomic E-state index is 0.138. The van der Waals surface area contributed by atoms with Crippen LogP contribution in [-0.2, 0) is 4.74 Å². The molecule has 2 aliphatic rings. The summed E-state index contributed by atoms with van der Waals surface area (Å²) in [5.41, 5.74) is -0.440. The van der Waals surface area contributed by atoms with Crippen LogP contribution in [0.1, 0.15) is 52.9 Å². The van der Waals surface area contributed by atoms with Crippen LogP contribution in [0.4, 0.5) is 4.79 Å². The van der Waals surface area contributed by atoms with E-state index in [1.165, 1.54) is 6.42 Å². The number of aliphatic hydroxyl groups excluding tert-OH is 1. The van der Waals surface area contributed by atoms with Crippen molar-refractivity contribution in [2.24, 2.45) is 0 Å². The first kappa shape index (κ1) is 15.6. The van der Waals surface area contributed by atoms with Gasteiger partial charge < -0.3 is 20.1 Å². The molecule has 0 radical (unpaired) electrons. The number of hydrogen-bond acceptors (Lipinski definition) is 4. The Bertz CT molecular complexity index is 335. The lowest BCUT2D eigenvalue weighted by Crippen LogP contribution is -2.53. The molecule has 1 aliphatic carbocycles. The van der Waals surface area contributed by atoms with Gasteiger partial charge in [0.25, 0.3) is 0 Å². The van der Waals surface area contributed by atoms with Crippen LogP contribution in [0.3, 0.4) is 0 Å². The van der Waals surface area contributed by atoms with Crippen molar-refractivity contribution in [3.63, 3.8) is 0 Å². The van der Waals surface area contributed by atoms with Gasteiger partial charge in [-0.3, -0.25) is 0 Å². The molecule has 1 heterocycles. The van der Waals surface area contributed by atoms with Gasteiger partial charge in [-0.1, -0.05) is 0 Å². The second-order valence-electron chi connectivity index (χ2n) is 7.05. The van der Waals surface area contributed by atoms with Crippen molar-refractivity contribution < 1.29 is 14.6 Å². The predicted molar refractivity (Wildman–Crippen MR) is 77.6 cm³/mol. The van der Waals surface area contributed by atoms with Gasteiger partial charge in [0.2, 0.25) is 0 Å². The summed E-state index contributed by atoms with van der Waals surface area (Å²) in [7, 11) is 0. The fourth-order valence-electron chi connectivity index (χ4n) is 2.83. The van der Waals surface area contributed by atoms with E-state index in [2.05, 4.69) is 5.32 Å². The molecule has 0 aromatic heterocycles. The Kier molecular flexibility index (Phi) is 4.91. The Labute approximate surface area is 121 Å². The largest absolute Gasteiger partial charge is 0.444 e. The van der Waals surface area contributed by atoms with Crippen molar-refractivity contribution >= 4 is 6.09 Å². The smallest absolute Gasteiger partial charge is 0.410 e. The monoisotopic (exact) mass is 284 g/mol. The summed E-state index contributed by atoms with van der Waals surface area (Å²) in [4.78, 5) is 14.1. The van der Waals surface area contributed by atoms with Crippen LogP contribution >= 0.6 is 0 Å². The van der Waals surface area contributed by atoms with Gasteiger partial charge in [-0.15, -0.1) is 0 Å². The highest BCUT2D eigenvalue weighted by atomic mass is 16.6. The highest BCUT2D eigenvalue weighted by molar-refractivity contribution is 5.68.